The number of ether oxygens (including phenoxy) is 1. The fourth-order valence-electron chi connectivity index (χ4n) is 2.69. The van der Waals surface area contributed by atoms with Gasteiger partial charge in [-0.3, -0.25) is 0 Å². The van der Waals surface area contributed by atoms with E-state index in [2.05, 4.69) is 27.1 Å². The summed E-state index contributed by atoms with van der Waals surface area (Å²) in [6.45, 7) is 6.25. The summed E-state index contributed by atoms with van der Waals surface area (Å²) < 4.78 is 5.96. The first-order chi connectivity index (χ1) is 11.3. The van der Waals surface area contributed by atoms with Gasteiger partial charge in [-0.05, 0) is 30.2 Å². The van der Waals surface area contributed by atoms with Crippen LogP contribution in [0.1, 0.15) is 18.2 Å². The molecular formula is C17H23N5O. The van der Waals surface area contributed by atoms with Crippen molar-refractivity contribution in [3.8, 4) is 5.75 Å². The largest absolute Gasteiger partial charge is 0.483 e. The average Bonchev–Trinajstić information content (AvgIpc) is 2.61. The number of nitrogens with two attached hydrogens (primary N) is 1. The molecule has 0 aromatic carbocycles. The molecule has 2 aromatic rings. The Kier molecular flexibility index (Phi) is 4.92. The van der Waals surface area contributed by atoms with Gasteiger partial charge in [0.05, 0.1) is 5.69 Å². The Labute approximate surface area is 136 Å². The molecule has 1 aliphatic rings. The Hall–Kier alpha value is -2.34. The zero-order valence-corrected chi connectivity index (χ0v) is 13.5. The molecule has 0 bridgehead atoms. The Morgan fingerprint density at radius 1 is 1.26 bits per heavy atom. The fraction of sp³-hybridized carbons (Fsp3) is 0.412. The summed E-state index contributed by atoms with van der Waals surface area (Å²) in [4.78, 5) is 11.1. The molecule has 1 saturated heterocycles. The molecule has 0 saturated carbocycles. The van der Waals surface area contributed by atoms with Crippen LogP contribution in [0.3, 0.4) is 0 Å². The molecule has 3 heterocycles. The molecule has 2 aromatic heterocycles. The Bertz CT molecular complexity index is 655. The van der Waals surface area contributed by atoms with E-state index in [4.69, 9.17) is 10.5 Å². The van der Waals surface area contributed by atoms with Gasteiger partial charge in [0.25, 0.3) is 0 Å². The minimum Gasteiger partial charge on any atom is -0.483 e. The predicted octanol–water partition coefficient (Wildman–Crippen LogP) is 1.61. The number of aryl methyl sites for hydroxylation is 1. The van der Waals surface area contributed by atoms with Crippen molar-refractivity contribution < 1.29 is 4.74 Å². The first-order valence-corrected chi connectivity index (χ1v) is 8.05. The summed E-state index contributed by atoms with van der Waals surface area (Å²) in [5, 5.41) is 3.34. The van der Waals surface area contributed by atoms with Gasteiger partial charge >= 0.3 is 0 Å². The summed E-state index contributed by atoms with van der Waals surface area (Å²) in [6.07, 6.45) is 2.69. The van der Waals surface area contributed by atoms with Crippen LogP contribution < -0.4 is 20.7 Å². The first-order valence-electron chi connectivity index (χ1n) is 8.05. The summed E-state index contributed by atoms with van der Waals surface area (Å²) in [7, 11) is 0. The van der Waals surface area contributed by atoms with Crippen molar-refractivity contribution in [2.24, 2.45) is 0 Å². The van der Waals surface area contributed by atoms with Gasteiger partial charge in [0, 0.05) is 32.4 Å². The van der Waals surface area contributed by atoms with Gasteiger partial charge < -0.3 is 20.7 Å². The van der Waals surface area contributed by atoms with Gasteiger partial charge in [0.2, 0.25) is 0 Å². The second kappa shape index (κ2) is 7.28. The third-order valence-electron chi connectivity index (χ3n) is 3.99. The molecule has 6 nitrogen and oxygen atoms in total. The molecule has 0 amide bonds. The molecule has 3 N–H and O–H groups in total. The van der Waals surface area contributed by atoms with Gasteiger partial charge in [-0.2, -0.15) is 0 Å². The monoisotopic (exact) mass is 313 g/mol. The lowest BCUT2D eigenvalue weighted by Gasteiger charge is -2.29. The normalized spacial score (nSPS) is 14.7. The summed E-state index contributed by atoms with van der Waals surface area (Å²) in [6, 6.07) is 7.83. The number of pyridine rings is 2. The van der Waals surface area contributed by atoms with Gasteiger partial charge in [0.15, 0.2) is 11.6 Å². The van der Waals surface area contributed by atoms with E-state index < -0.39 is 0 Å². The second-order valence-corrected chi connectivity index (χ2v) is 5.55. The number of hydrogen-bond acceptors (Lipinski definition) is 6. The van der Waals surface area contributed by atoms with Crippen molar-refractivity contribution >= 4 is 11.6 Å². The Balaban J connectivity index is 1.71. The highest BCUT2D eigenvalue weighted by Crippen LogP contribution is 2.26. The number of nitrogens with one attached hydrogen (secondary N) is 1. The van der Waals surface area contributed by atoms with Gasteiger partial charge in [0.1, 0.15) is 12.4 Å². The number of hydrogen-bond donors (Lipinski definition) is 2. The maximum absolute atomic E-state index is 5.96. The third kappa shape index (κ3) is 3.71. The van der Waals surface area contributed by atoms with E-state index in [0.29, 0.717) is 12.4 Å². The van der Waals surface area contributed by atoms with Crippen LogP contribution in [0.15, 0.2) is 30.5 Å². The highest BCUT2D eigenvalue weighted by molar-refractivity contribution is 5.52. The van der Waals surface area contributed by atoms with E-state index in [1.165, 1.54) is 0 Å². The summed E-state index contributed by atoms with van der Waals surface area (Å²) in [5.74, 6) is 2.27. The van der Waals surface area contributed by atoms with E-state index >= 15 is 0 Å². The maximum atomic E-state index is 5.96. The summed E-state index contributed by atoms with van der Waals surface area (Å²) in [5.41, 5.74) is 7.85. The van der Waals surface area contributed by atoms with E-state index in [-0.39, 0.29) is 0 Å². The third-order valence-corrected chi connectivity index (χ3v) is 3.99. The Morgan fingerprint density at radius 3 is 2.83 bits per heavy atom. The lowest BCUT2D eigenvalue weighted by molar-refractivity contribution is 0.300. The molecule has 1 aliphatic heterocycles. The average molecular weight is 313 g/mol. The maximum Gasteiger partial charge on any atom is 0.171 e. The molecular weight excluding hydrogens is 290 g/mol. The standard InChI is InChI=1S/C17H23N5O/c1-2-13-5-6-14(21-16(13)18)12-23-15-4-3-7-20-17(15)22-10-8-19-9-11-22/h3-7,19H,2,8-12H2,1H3,(H2,18,21). The number of anilines is 2. The lowest BCUT2D eigenvalue weighted by atomic mass is 10.2. The van der Waals surface area contributed by atoms with Crippen molar-refractivity contribution in [3.63, 3.8) is 0 Å². The van der Waals surface area contributed by atoms with Crippen LogP contribution in [0, 0.1) is 0 Å². The van der Waals surface area contributed by atoms with Crippen LogP contribution >= 0.6 is 0 Å². The van der Waals surface area contributed by atoms with Crippen molar-refractivity contribution in [1.29, 1.82) is 0 Å². The van der Waals surface area contributed by atoms with Crippen LogP contribution in [0.4, 0.5) is 11.6 Å². The number of aromatic nitrogens is 2. The second-order valence-electron chi connectivity index (χ2n) is 5.55. The predicted molar refractivity (Wildman–Crippen MR) is 91.7 cm³/mol. The van der Waals surface area contributed by atoms with Crippen LogP contribution in [0.2, 0.25) is 0 Å². The van der Waals surface area contributed by atoms with Crippen LogP contribution in [-0.4, -0.2) is 36.1 Å². The van der Waals surface area contributed by atoms with Crippen molar-refractivity contribution in [2.45, 2.75) is 20.0 Å². The van der Waals surface area contributed by atoms with Gasteiger partial charge in [-0.25, -0.2) is 9.97 Å². The number of nitrogens with zero attached hydrogens (tertiary/aromatic N) is 3. The molecule has 0 spiro atoms. The fourth-order valence-corrected chi connectivity index (χ4v) is 2.69. The van der Waals surface area contributed by atoms with Crippen molar-refractivity contribution in [3.05, 3.63) is 41.7 Å². The zero-order valence-electron chi connectivity index (χ0n) is 13.5. The van der Waals surface area contributed by atoms with E-state index in [9.17, 15) is 0 Å². The molecule has 0 unspecified atom stereocenters. The molecule has 0 radical (unpaired) electrons. The SMILES string of the molecule is CCc1ccc(COc2cccnc2N2CCNCC2)nc1N. The molecule has 122 valence electrons. The molecule has 23 heavy (non-hydrogen) atoms. The van der Waals surface area contributed by atoms with Crippen molar-refractivity contribution in [2.75, 3.05) is 36.8 Å². The number of nitrogen functional groups attached to an aromatic ring is 1. The topological polar surface area (TPSA) is 76.3 Å². The molecule has 1 fully saturated rings. The number of rotatable bonds is 5. The first kappa shape index (κ1) is 15.6. The van der Waals surface area contributed by atoms with Crippen molar-refractivity contribution in [1.82, 2.24) is 15.3 Å². The lowest BCUT2D eigenvalue weighted by Crippen LogP contribution is -2.44. The van der Waals surface area contributed by atoms with Gasteiger partial charge in [-0.1, -0.05) is 13.0 Å². The minimum absolute atomic E-state index is 0.388. The molecule has 6 heteroatoms. The Morgan fingerprint density at radius 2 is 2.09 bits per heavy atom. The van der Waals surface area contributed by atoms with Gasteiger partial charge in [-0.15, -0.1) is 0 Å². The molecule has 0 aliphatic carbocycles. The van der Waals surface area contributed by atoms with E-state index in [1.807, 2.05) is 24.3 Å². The minimum atomic E-state index is 0.388. The van der Waals surface area contributed by atoms with Crippen LogP contribution in [-0.2, 0) is 13.0 Å². The quantitative estimate of drug-likeness (QED) is 0.873. The highest BCUT2D eigenvalue weighted by Gasteiger charge is 2.16. The van der Waals surface area contributed by atoms with Crippen LogP contribution in [0.25, 0.3) is 0 Å². The van der Waals surface area contributed by atoms with Crippen LogP contribution in [0.5, 0.6) is 5.75 Å². The zero-order chi connectivity index (χ0) is 16.1. The molecule has 0 atom stereocenters. The van der Waals surface area contributed by atoms with E-state index in [1.54, 1.807) is 6.20 Å². The molecule has 3 rings (SSSR count). The highest BCUT2D eigenvalue weighted by atomic mass is 16.5. The summed E-state index contributed by atoms with van der Waals surface area (Å²) >= 11 is 0. The number of piperazine rings is 1. The smallest absolute Gasteiger partial charge is 0.171 e. The van der Waals surface area contributed by atoms with E-state index in [0.717, 1.165) is 55.4 Å².